The van der Waals surface area contributed by atoms with Gasteiger partial charge in [0.2, 0.25) is 6.10 Å². The van der Waals surface area contributed by atoms with E-state index in [9.17, 15) is 9.59 Å². The maximum Gasteiger partial charge on any atom is 0.351 e. The normalized spacial score (nSPS) is 20.3. The first-order valence-electron chi connectivity index (χ1n) is 9.51. The third-order valence-corrected chi connectivity index (χ3v) is 5.37. The summed E-state index contributed by atoms with van der Waals surface area (Å²) in [7, 11) is 1.93. The summed E-state index contributed by atoms with van der Waals surface area (Å²) in [5, 5.41) is 0. The third kappa shape index (κ3) is 3.46. The molecule has 0 saturated heterocycles. The number of hydrogen-bond acceptors (Lipinski definition) is 6. The van der Waals surface area contributed by atoms with Crippen molar-refractivity contribution >= 4 is 17.4 Å². The first-order valence-corrected chi connectivity index (χ1v) is 9.51. The number of hydrogen-bond donors (Lipinski definition) is 0. The number of anilines is 1. The highest BCUT2D eigenvalue weighted by molar-refractivity contribution is 5.94. The van der Waals surface area contributed by atoms with Crippen LogP contribution in [-0.2, 0) is 19.7 Å². The third-order valence-electron chi connectivity index (χ3n) is 5.37. The number of allylic oxidation sites excluding steroid dienone is 1. The van der Waals surface area contributed by atoms with Crippen LogP contribution in [0.25, 0.3) is 0 Å². The highest BCUT2D eigenvalue weighted by atomic mass is 16.6. The van der Waals surface area contributed by atoms with E-state index in [1.807, 2.05) is 36.2 Å². The van der Waals surface area contributed by atoms with Crippen LogP contribution in [0.15, 0.2) is 60.3 Å². The smallest absolute Gasteiger partial charge is 0.351 e. The van der Waals surface area contributed by atoms with Crippen LogP contribution in [0.2, 0.25) is 0 Å². The number of fused-ring (bicyclic) bond motifs is 2. The molecule has 0 aliphatic carbocycles. The summed E-state index contributed by atoms with van der Waals surface area (Å²) in [4.78, 5) is 26.8. The van der Waals surface area contributed by atoms with Gasteiger partial charge in [-0.2, -0.15) is 0 Å². The van der Waals surface area contributed by atoms with Crippen molar-refractivity contribution < 1.29 is 23.8 Å². The average molecular weight is 393 g/mol. The Balaban J connectivity index is 1.40. The molecular weight excluding hydrogens is 370 g/mol. The monoisotopic (exact) mass is 393 g/mol. The standard InChI is InChI=1S/C23H23NO5/c1-23(2)16-8-4-5-9-17(16)24(3)21(23)12-15(25)13-28-22(26)20-14-27-18-10-6-7-11-19(18)29-20/h4-12,20H,13-14H2,1-3H3/b21-12-/t20-/m0/s1. The number of ether oxygens (including phenoxy) is 3. The van der Waals surface area contributed by atoms with Gasteiger partial charge in [-0.15, -0.1) is 0 Å². The molecule has 2 aliphatic heterocycles. The largest absolute Gasteiger partial charge is 0.485 e. The van der Waals surface area contributed by atoms with Crippen molar-refractivity contribution in [1.82, 2.24) is 0 Å². The van der Waals surface area contributed by atoms with Gasteiger partial charge in [-0.3, -0.25) is 4.79 Å². The number of para-hydroxylation sites is 3. The highest BCUT2D eigenvalue weighted by Gasteiger charge is 2.38. The van der Waals surface area contributed by atoms with Gasteiger partial charge in [0.05, 0.1) is 0 Å². The lowest BCUT2D eigenvalue weighted by Crippen LogP contribution is -2.38. The van der Waals surface area contributed by atoms with E-state index in [1.54, 1.807) is 24.3 Å². The van der Waals surface area contributed by atoms with Crippen molar-refractivity contribution in [1.29, 1.82) is 0 Å². The summed E-state index contributed by atoms with van der Waals surface area (Å²) in [5.41, 5.74) is 2.78. The number of carbonyl (C=O) groups excluding carboxylic acids is 2. The van der Waals surface area contributed by atoms with Gasteiger partial charge in [0.15, 0.2) is 23.9 Å². The van der Waals surface area contributed by atoms with E-state index in [1.165, 1.54) is 0 Å². The van der Waals surface area contributed by atoms with Crippen LogP contribution in [0.4, 0.5) is 5.69 Å². The molecule has 2 aromatic carbocycles. The van der Waals surface area contributed by atoms with Crippen molar-refractivity contribution in [2.24, 2.45) is 0 Å². The minimum absolute atomic E-state index is 0.0518. The Morgan fingerprint density at radius 1 is 1.14 bits per heavy atom. The van der Waals surface area contributed by atoms with Gasteiger partial charge >= 0.3 is 5.97 Å². The lowest BCUT2D eigenvalue weighted by Gasteiger charge is -2.25. The number of nitrogens with zero attached hydrogens (tertiary/aromatic N) is 1. The van der Waals surface area contributed by atoms with Gasteiger partial charge in [-0.25, -0.2) is 4.79 Å². The maximum absolute atomic E-state index is 12.5. The SMILES string of the molecule is CN1/C(=C\C(=O)COC(=O)[C@@H]2COc3ccccc3O2)C(C)(C)c2ccccc21. The van der Waals surface area contributed by atoms with Crippen molar-refractivity contribution in [2.75, 3.05) is 25.2 Å². The predicted octanol–water partition coefficient (Wildman–Crippen LogP) is 3.25. The van der Waals surface area contributed by atoms with E-state index >= 15 is 0 Å². The fourth-order valence-electron chi connectivity index (χ4n) is 3.82. The van der Waals surface area contributed by atoms with Crippen LogP contribution in [0.3, 0.4) is 0 Å². The molecule has 6 heteroatoms. The summed E-state index contributed by atoms with van der Waals surface area (Å²) in [5.74, 6) is 0.177. The summed E-state index contributed by atoms with van der Waals surface area (Å²) in [6, 6.07) is 15.2. The van der Waals surface area contributed by atoms with Crippen LogP contribution in [0.1, 0.15) is 19.4 Å². The quantitative estimate of drug-likeness (QED) is 0.587. The van der Waals surface area contributed by atoms with Gasteiger partial charge in [-0.05, 0) is 23.8 Å². The topological polar surface area (TPSA) is 65.1 Å². The molecule has 4 rings (SSSR count). The molecular formula is C23H23NO5. The van der Waals surface area contributed by atoms with Crippen LogP contribution in [-0.4, -0.2) is 38.1 Å². The zero-order valence-electron chi connectivity index (χ0n) is 16.7. The van der Waals surface area contributed by atoms with Crippen LogP contribution in [0.5, 0.6) is 11.5 Å². The van der Waals surface area contributed by atoms with Crippen molar-refractivity contribution in [3.63, 3.8) is 0 Å². The number of benzene rings is 2. The molecule has 0 fully saturated rings. The van der Waals surface area contributed by atoms with Gasteiger partial charge in [0, 0.05) is 29.9 Å². The highest BCUT2D eigenvalue weighted by Crippen LogP contribution is 2.46. The number of carbonyl (C=O) groups is 2. The van der Waals surface area contributed by atoms with Crippen molar-refractivity contribution in [3.8, 4) is 11.5 Å². The Bertz CT molecular complexity index is 994. The molecule has 0 amide bonds. The molecule has 29 heavy (non-hydrogen) atoms. The Hall–Kier alpha value is -3.28. The Morgan fingerprint density at radius 2 is 1.83 bits per heavy atom. The molecule has 0 N–H and O–H groups in total. The van der Waals surface area contributed by atoms with Crippen LogP contribution in [0, 0.1) is 0 Å². The molecule has 0 bridgehead atoms. The molecule has 0 unspecified atom stereocenters. The minimum atomic E-state index is -0.889. The Kier molecular flexibility index (Phi) is 4.78. The fraction of sp³-hybridized carbons (Fsp3) is 0.304. The fourth-order valence-corrected chi connectivity index (χ4v) is 3.82. The van der Waals surface area contributed by atoms with Gasteiger partial charge in [0.1, 0.15) is 6.61 Å². The van der Waals surface area contributed by atoms with Gasteiger partial charge in [-0.1, -0.05) is 44.2 Å². The average Bonchev–Trinajstić information content (AvgIpc) is 2.92. The second-order valence-electron chi connectivity index (χ2n) is 7.67. The Labute approximate surface area is 169 Å². The molecule has 0 saturated carbocycles. The second-order valence-corrected chi connectivity index (χ2v) is 7.67. The summed E-state index contributed by atoms with van der Waals surface area (Å²) in [6.07, 6.45) is 0.668. The molecule has 0 spiro atoms. The van der Waals surface area contributed by atoms with Crippen molar-refractivity contribution in [3.05, 3.63) is 65.9 Å². The zero-order chi connectivity index (χ0) is 20.6. The number of likely N-dealkylation sites (N-methyl/N-ethyl adjacent to an activating group) is 1. The van der Waals surface area contributed by atoms with E-state index in [2.05, 4.69) is 19.9 Å². The second kappa shape index (κ2) is 7.28. The molecule has 2 heterocycles. The minimum Gasteiger partial charge on any atom is -0.485 e. The van der Waals surface area contributed by atoms with Crippen molar-refractivity contribution in [2.45, 2.75) is 25.4 Å². The van der Waals surface area contributed by atoms with Crippen LogP contribution < -0.4 is 14.4 Å². The van der Waals surface area contributed by atoms with E-state index in [4.69, 9.17) is 14.2 Å². The molecule has 0 radical (unpaired) electrons. The first-order chi connectivity index (χ1) is 13.9. The molecule has 150 valence electrons. The van der Waals surface area contributed by atoms with E-state index < -0.39 is 12.1 Å². The molecule has 6 nitrogen and oxygen atoms in total. The molecule has 0 aromatic heterocycles. The van der Waals surface area contributed by atoms with E-state index in [0.29, 0.717) is 11.5 Å². The Morgan fingerprint density at radius 3 is 2.59 bits per heavy atom. The number of esters is 1. The lowest BCUT2D eigenvalue weighted by atomic mass is 9.83. The molecule has 2 aromatic rings. The summed E-state index contributed by atoms with van der Waals surface area (Å²) >= 11 is 0. The lowest BCUT2D eigenvalue weighted by molar-refractivity contribution is -0.156. The van der Waals surface area contributed by atoms with Gasteiger partial charge < -0.3 is 19.1 Å². The zero-order valence-corrected chi connectivity index (χ0v) is 16.7. The maximum atomic E-state index is 12.5. The molecule has 2 aliphatic rings. The first kappa shape index (κ1) is 19.1. The summed E-state index contributed by atoms with van der Waals surface area (Å²) in [6.45, 7) is 3.86. The summed E-state index contributed by atoms with van der Waals surface area (Å²) < 4.78 is 16.3. The van der Waals surface area contributed by atoms with Crippen LogP contribution >= 0.6 is 0 Å². The van der Waals surface area contributed by atoms with E-state index in [-0.39, 0.29) is 24.4 Å². The van der Waals surface area contributed by atoms with E-state index in [0.717, 1.165) is 16.9 Å². The number of ketones is 1. The number of rotatable bonds is 4. The molecule has 1 atom stereocenters. The predicted molar refractivity (Wildman–Crippen MR) is 108 cm³/mol. The van der Waals surface area contributed by atoms with Gasteiger partial charge in [0.25, 0.3) is 0 Å².